The van der Waals surface area contributed by atoms with Crippen LogP contribution in [0.15, 0.2) is 78.2 Å². The molecule has 3 aromatic carbocycles. The molecular formula is C24H22N2O4S. The molecule has 3 aromatic rings. The number of nitrogens with one attached hydrogen (secondary N) is 1. The molecule has 0 atom stereocenters. The fourth-order valence-electron chi connectivity index (χ4n) is 3.70. The molecule has 1 aliphatic heterocycles. The monoisotopic (exact) mass is 434 g/mol. The van der Waals surface area contributed by atoms with Gasteiger partial charge in [-0.2, -0.15) is 0 Å². The summed E-state index contributed by atoms with van der Waals surface area (Å²) in [5.41, 5.74) is 3.73. The minimum absolute atomic E-state index is 0.135. The maximum Gasteiger partial charge on any atom is 0.265 e. The van der Waals surface area contributed by atoms with Gasteiger partial charge in [-0.15, -0.1) is 6.58 Å². The van der Waals surface area contributed by atoms with E-state index in [2.05, 4.69) is 11.9 Å². The molecule has 0 radical (unpaired) electrons. The highest BCUT2D eigenvalue weighted by Crippen LogP contribution is 2.43. The molecule has 1 aliphatic rings. The Morgan fingerprint density at radius 2 is 1.87 bits per heavy atom. The van der Waals surface area contributed by atoms with Gasteiger partial charge in [-0.25, -0.2) is 8.42 Å². The predicted octanol–water partition coefficient (Wildman–Crippen LogP) is 4.62. The molecule has 0 spiro atoms. The SMILES string of the molecule is C=CCN1c2ccc(C(=O)Nc3cc(C)ccc3OC)cc2-c2ccccc2S1(=O)=O. The van der Waals surface area contributed by atoms with E-state index in [9.17, 15) is 13.2 Å². The Labute approximate surface area is 181 Å². The maximum absolute atomic E-state index is 13.1. The van der Waals surface area contributed by atoms with Crippen LogP contribution >= 0.6 is 0 Å². The number of ether oxygens (including phenoxy) is 1. The van der Waals surface area contributed by atoms with Crippen LogP contribution in [0.1, 0.15) is 15.9 Å². The van der Waals surface area contributed by atoms with Gasteiger partial charge in [0.1, 0.15) is 5.75 Å². The number of benzene rings is 3. The lowest BCUT2D eigenvalue weighted by Gasteiger charge is -2.31. The van der Waals surface area contributed by atoms with E-state index in [1.165, 1.54) is 4.31 Å². The number of sulfonamides is 1. The van der Waals surface area contributed by atoms with Crippen LogP contribution in [-0.4, -0.2) is 28.0 Å². The predicted molar refractivity (Wildman–Crippen MR) is 122 cm³/mol. The van der Waals surface area contributed by atoms with Gasteiger partial charge in [-0.3, -0.25) is 9.10 Å². The molecule has 4 rings (SSSR count). The minimum atomic E-state index is -3.71. The molecule has 31 heavy (non-hydrogen) atoms. The zero-order chi connectivity index (χ0) is 22.2. The molecule has 0 aromatic heterocycles. The summed E-state index contributed by atoms with van der Waals surface area (Å²) in [5.74, 6) is 0.249. The Hall–Kier alpha value is -3.58. The molecule has 0 saturated carbocycles. The summed E-state index contributed by atoms with van der Waals surface area (Å²) in [5, 5.41) is 2.89. The number of hydrogen-bond acceptors (Lipinski definition) is 4. The minimum Gasteiger partial charge on any atom is -0.495 e. The summed E-state index contributed by atoms with van der Waals surface area (Å²) >= 11 is 0. The highest BCUT2D eigenvalue weighted by atomic mass is 32.2. The second kappa shape index (κ2) is 7.92. The summed E-state index contributed by atoms with van der Waals surface area (Å²) in [7, 11) is -2.16. The molecule has 1 amide bonds. The van der Waals surface area contributed by atoms with Gasteiger partial charge in [0, 0.05) is 16.7 Å². The van der Waals surface area contributed by atoms with Crippen molar-refractivity contribution in [3.63, 3.8) is 0 Å². The summed E-state index contributed by atoms with van der Waals surface area (Å²) in [6.07, 6.45) is 1.54. The van der Waals surface area contributed by atoms with Crippen LogP contribution in [0.5, 0.6) is 5.75 Å². The summed E-state index contributed by atoms with van der Waals surface area (Å²) in [6.45, 7) is 5.75. The Bertz CT molecular complexity index is 1300. The zero-order valence-corrected chi connectivity index (χ0v) is 18.1. The van der Waals surface area contributed by atoms with Gasteiger partial charge in [0.15, 0.2) is 0 Å². The fraction of sp³-hybridized carbons (Fsp3) is 0.125. The fourth-order valence-corrected chi connectivity index (χ4v) is 5.36. The number of nitrogens with zero attached hydrogens (tertiary/aromatic N) is 1. The first-order chi connectivity index (χ1) is 14.9. The molecule has 0 bridgehead atoms. The number of aryl methyl sites for hydroxylation is 1. The van der Waals surface area contributed by atoms with E-state index < -0.39 is 10.0 Å². The smallest absolute Gasteiger partial charge is 0.265 e. The number of fused-ring (bicyclic) bond motifs is 3. The molecule has 0 aliphatic carbocycles. The van der Waals surface area contributed by atoms with Crippen molar-refractivity contribution in [1.29, 1.82) is 0 Å². The normalized spacial score (nSPS) is 13.7. The Morgan fingerprint density at radius 1 is 1.10 bits per heavy atom. The van der Waals surface area contributed by atoms with Gasteiger partial charge >= 0.3 is 0 Å². The van der Waals surface area contributed by atoms with Crippen molar-refractivity contribution in [2.24, 2.45) is 0 Å². The highest BCUT2D eigenvalue weighted by Gasteiger charge is 2.34. The lowest BCUT2D eigenvalue weighted by molar-refractivity contribution is 0.102. The zero-order valence-electron chi connectivity index (χ0n) is 17.3. The van der Waals surface area contributed by atoms with Gasteiger partial charge in [0.05, 0.1) is 29.9 Å². The molecule has 0 fully saturated rings. The molecule has 1 N–H and O–H groups in total. The first-order valence-corrected chi connectivity index (χ1v) is 11.1. The molecule has 0 unspecified atom stereocenters. The third-order valence-electron chi connectivity index (χ3n) is 5.17. The van der Waals surface area contributed by atoms with Crippen molar-refractivity contribution in [1.82, 2.24) is 0 Å². The Morgan fingerprint density at radius 3 is 2.61 bits per heavy atom. The van der Waals surface area contributed by atoms with Crippen molar-refractivity contribution in [2.75, 3.05) is 23.3 Å². The second-order valence-corrected chi connectivity index (χ2v) is 9.04. The van der Waals surface area contributed by atoms with Crippen molar-refractivity contribution in [2.45, 2.75) is 11.8 Å². The number of amides is 1. The number of carbonyl (C=O) groups is 1. The molecule has 158 valence electrons. The van der Waals surface area contributed by atoms with Crippen LogP contribution in [-0.2, 0) is 10.0 Å². The van der Waals surface area contributed by atoms with Crippen LogP contribution in [0.2, 0.25) is 0 Å². The first-order valence-electron chi connectivity index (χ1n) is 9.70. The third-order valence-corrected chi connectivity index (χ3v) is 7.01. The molecule has 6 nitrogen and oxygen atoms in total. The lowest BCUT2D eigenvalue weighted by atomic mass is 10.00. The lowest BCUT2D eigenvalue weighted by Crippen LogP contribution is -2.34. The van der Waals surface area contributed by atoms with E-state index in [1.807, 2.05) is 19.1 Å². The van der Waals surface area contributed by atoms with Crippen LogP contribution in [0.3, 0.4) is 0 Å². The maximum atomic E-state index is 13.1. The van der Waals surface area contributed by atoms with Gasteiger partial charge in [0.25, 0.3) is 15.9 Å². The van der Waals surface area contributed by atoms with Crippen LogP contribution < -0.4 is 14.4 Å². The van der Waals surface area contributed by atoms with Crippen molar-refractivity contribution in [3.8, 4) is 16.9 Å². The van der Waals surface area contributed by atoms with Crippen molar-refractivity contribution in [3.05, 3.63) is 84.4 Å². The average molecular weight is 435 g/mol. The van der Waals surface area contributed by atoms with Gasteiger partial charge in [0.2, 0.25) is 0 Å². The van der Waals surface area contributed by atoms with Crippen molar-refractivity contribution >= 4 is 27.3 Å². The topological polar surface area (TPSA) is 75.7 Å². The van der Waals surface area contributed by atoms with Gasteiger partial charge in [-0.05, 0) is 48.9 Å². The number of methoxy groups -OCH3 is 1. The Balaban J connectivity index is 1.79. The van der Waals surface area contributed by atoms with E-state index >= 15 is 0 Å². The van der Waals surface area contributed by atoms with E-state index in [0.717, 1.165) is 5.56 Å². The number of carbonyl (C=O) groups excluding carboxylic acids is 1. The molecule has 7 heteroatoms. The van der Waals surface area contributed by atoms with Crippen LogP contribution in [0.25, 0.3) is 11.1 Å². The second-order valence-electron chi connectivity index (χ2n) is 7.21. The largest absolute Gasteiger partial charge is 0.495 e. The summed E-state index contributed by atoms with van der Waals surface area (Å²) in [4.78, 5) is 13.2. The van der Waals surface area contributed by atoms with Gasteiger partial charge in [-0.1, -0.05) is 30.3 Å². The molecular weight excluding hydrogens is 412 g/mol. The first kappa shape index (κ1) is 20.7. The summed E-state index contributed by atoms with van der Waals surface area (Å²) < 4.78 is 32.9. The summed E-state index contributed by atoms with van der Waals surface area (Å²) in [6, 6.07) is 17.3. The number of rotatable bonds is 5. The van der Waals surface area contributed by atoms with Gasteiger partial charge < -0.3 is 10.1 Å². The van der Waals surface area contributed by atoms with E-state index in [0.29, 0.717) is 33.8 Å². The third kappa shape index (κ3) is 3.57. The van der Waals surface area contributed by atoms with E-state index in [-0.39, 0.29) is 17.3 Å². The van der Waals surface area contributed by atoms with Crippen LogP contribution in [0, 0.1) is 6.92 Å². The molecule has 0 saturated heterocycles. The number of anilines is 2. The van der Waals surface area contributed by atoms with Crippen LogP contribution in [0.4, 0.5) is 11.4 Å². The average Bonchev–Trinajstić information content (AvgIpc) is 2.76. The Kier molecular flexibility index (Phi) is 5.29. The highest BCUT2D eigenvalue weighted by molar-refractivity contribution is 7.93. The number of hydrogen-bond donors (Lipinski definition) is 1. The standard InChI is InChI=1S/C24H22N2O4S/c1-4-13-26-21-11-10-17(24(27)25-20-14-16(2)9-12-22(20)30-3)15-19(21)18-7-5-6-8-23(18)31(26,28)29/h4-12,14-15H,1,13H2,2-3H3,(H,25,27). The van der Waals surface area contributed by atoms with Crippen molar-refractivity contribution < 1.29 is 17.9 Å². The van der Waals surface area contributed by atoms with E-state index in [1.54, 1.807) is 61.7 Å². The quantitative estimate of drug-likeness (QED) is 0.595. The van der Waals surface area contributed by atoms with E-state index in [4.69, 9.17) is 4.74 Å². The molecule has 1 heterocycles.